The van der Waals surface area contributed by atoms with E-state index in [1.807, 2.05) is 0 Å². The second-order valence-electron chi connectivity index (χ2n) is 3.58. The smallest absolute Gasteiger partial charge is 0.130 e. The zero-order chi connectivity index (χ0) is 12.4. The molecule has 0 aliphatic carbocycles. The van der Waals surface area contributed by atoms with E-state index in [9.17, 15) is 13.2 Å². The molecule has 17 heavy (non-hydrogen) atoms. The van der Waals surface area contributed by atoms with Crippen molar-refractivity contribution < 1.29 is 13.2 Å². The Labute approximate surface area is 105 Å². The predicted octanol–water partition coefficient (Wildman–Crippen LogP) is 4.59. The minimum Gasteiger partial charge on any atom is -0.207 e. The Kier molecular flexibility index (Phi) is 3.52. The Bertz CT molecular complexity index is 540. The molecule has 1 atom stereocenters. The van der Waals surface area contributed by atoms with E-state index in [0.29, 0.717) is 5.56 Å². The molecular weight excluding hydrogens is 293 g/mol. The van der Waals surface area contributed by atoms with E-state index < -0.39 is 22.3 Å². The number of benzene rings is 2. The van der Waals surface area contributed by atoms with E-state index in [1.54, 1.807) is 12.1 Å². The van der Waals surface area contributed by atoms with Gasteiger partial charge in [0.1, 0.15) is 17.5 Å². The highest BCUT2D eigenvalue weighted by atomic mass is 79.9. The zero-order valence-electron chi connectivity index (χ0n) is 8.63. The van der Waals surface area contributed by atoms with Crippen LogP contribution in [0.3, 0.4) is 0 Å². The Morgan fingerprint density at radius 1 is 0.882 bits per heavy atom. The number of hydrogen-bond donors (Lipinski definition) is 0. The van der Waals surface area contributed by atoms with Gasteiger partial charge >= 0.3 is 0 Å². The Morgan fingerprint density at radius 2 is 1.59 bits per heavy atom. The second kappa shape index (κ2) is 4.92. The van der Waals surface area contributed by atoms with E-state index in [2.05, 4.69) is 15.9 Å². The summed E-state index contributed by atoms with van der Waals surface area (Å²) >= 11 is 3.27. The molecule has 1 unspecified atom stereocenters. The van der Waals surface area contributed by atoms with Gasteiger partial charge in [0, 0.05) is 11.6 Å². The molecule has 0 saturated heterocycles. The summed E-state index contributed by atoms with van der Waals surface area (Å²) in [6.07, 6.45) is 0. The van der Waals surface area contributed by atoms with E-state index >= 15 is 0 Å². The topological polar surface area (TPSA) is 0 Å². The van der Waals surface area contributed by atoms with Crippen molar-refractivity contribution >= 4 is 15.9 Å². The highest BCUT2D eigenvalue weighted by Gasteiger charge is 2.15. The van der Waals surface area contributed by atoms with Crippen molar-refractivity contribution in [1.29, 1.82) is 0 Å². The molecule has 2 rings (SSSR count). The molecule has 0 radical (unpaired) electrons. The molecule has 88 valence electrons. The first-order valence-electron chi connectivity index (χ1n) is 4.92. The van der Waals surface area contributed by atoms with Crippen LogP contribution >= 0.6 is 15.9 Å². The number of hydrogen-bond acceptors (Lipinski definition) is 0. The normalized spacial score (nSPS) is 12.5. The highest BCUT2D eigenvalue weighted by Crippen LogP contribution is 2.32. The minimum atomic E-state index is -0.656. The van der Waals surface area contributed by atoms with Gasteiger partial charge in [-0.15, -0.1) is 0 Å². The van der Waals surface area contributed by atoms with Gasteiger partial charge in [-0.2, -0.15) is 0 Å². The number of rotatable bonds is 2. The maximum Gasteiger partial charge on any atom is 0.130 e. The maximum atomic E-state index is 13.5. The summed E-state index contributed by atoms with van der Waals surface area (Å²) in [5.74, 6) is -1.68. The number of halogens is 4. The van der Waals surface area contributed by atoms with Gasteiger partial charge in [-0.25, -0.2) is 13.2 Å². The van der Waals surface area contributed by atoms with Crippen molar-refractivity contribution in [1.82, 2.24) is 0 Å². The van der Waals surface area contributed by atoms with E-state index in [0.717, 1.165) is 6.07 Å². The van der Waals surface area contributed by atoms with E-state index in [4.69, 9.17) is 0 Å². The average molecular weight is 301 g/mol. The standard InChI is InChI=1S/C13H8BrF3/c14-13(8-2-1-3-9(15)6-8)11-5-4-10(16)7-12(11)17/h1-7,13H. The maximum absolute atomic E-state index is 13.5. The monoisotopic (exact) mass is 300 g/mol. The van der Waals surface area contributed by atoms with Gasteiger partial charge in [0.25, 0.3) is 0 Å². The summed E-state index contributed by atoms with van der Waals surface area (Å²) in [5.41, 5.74) is 0.854. The van der Waals surface area contributed by atoms with Crippen LogP contribution in [0.15, 0.2) is 42.5 Å². The Hall–Kier alpha value is -1.29. The van der Waals surface area contributed by atoms with E-state index in [-0.39, 0.29) is 5.56 Å². The molecule has 0 amide bonds. The lowest BCUT2D eigenvalue weighted by molar-refractivity contribution is 0.574. The van der Waals surface area contributed by atoms with Crippen molar-refractivity contribution in [3.05, 3.63) is 71.0 Å². The molecule has 0 aromatic heterocycles. The van der Waals surface area contributed by atoms with Gasteiger partial charge in [-0.1, -0.05) is 34.1 Å². The molecule has 0 N–H and O–H groups in total. The fraction of sp³-hybridized carbons (Fsp3) is 0.0769. The van der Waals surface area contributed by atoms with Crippen molar-refractivity contribution in [2.24, 2.45) is 0 Å². The van der Waals surface area contributed by atoms with Gasteiger partial charge in [0.2, 0.25) is 0 Å². The van der Waals surface area contributed by atoms with Crippen LogP contribution in [0.4, 0.5) is 13.2 Å². The van der Waals surface area contributed by atoms with Crippen LogP contribution in [-0.2, 0) is 0 Å². The molecule has 0 nitrogen and oxygen atoms in total. The third kappa shape index (κ3) is 2.69. The van der Waals surface area contributed by atoms with Crippen molar-refractivity contribution in [2.45, 2.75) is 4.83 Å². The summed E-state index contributed by atoms with van der Waals surface area (Å²) < 4.78 is 39.3. The van der Waals surface area contributed by atoms with Gasteiger partial charge in [0.15, 0.2) is 0 Å². The molecular formula is C13H8BrF3. The average Bonchev–Trinajstić information content (AvgIpc) is 2.28. The van der Waals surface area contributed by atoms with Crippen LogP contribution in [0.2, 0.25) is 0 Å². The minimum absolute atomic E-state index is 0.275. The molecule has 0 heterocycles. The lowest BCUT2D eigenvalue weighted by atomic mass is 10.0. The molecule has 2 aromatic carbocycles. The van der Waals surface area contributed by atoms with Crippen LogP contribution in [0, 0.1) is 17.5 Å². The fourth-order valence-electron chi connectivity index (χ4n) is 1.55. The molecule has 0 saturated carbocycles. The predicted molar refractivity (Wildman–Crippen MR) is 63.5 cm³/mol. The van der Waals surface area contributed by atoms with Crippen LogP contribution in [0.5, 0.6) is 0 Å². The Balaban J connectivity index is 2.40. The van der Waals surface area contributed by atoms with Crippen LogP contribution in [0.25, 0.3) is 0 Å². The van der Waals surface area contributed by atoms with Gasteiger partial charge < -0.3 is 0 Å². The molecule has 0 bridgehead atoms. The lowest BCUT2D eigenvalue weighted by Crippen LogP contribution is -1.97. The summed E-state index contributed by atoms with van der Waals surface area (Å²) in [6, 6.07) is 9.15. The molecule has 4 heteroatoms. The quantitative estimate of drug-likeness (QED) is 0.712. The van der Waals surface area contributed by atoms with Gasteiger partial charge in [-0.3, -0.25) is 0 Å². The summed E-state index contributed by atoms with van der Waals surface area (Å²) in [5, 5.41) is 0. The van der Waals surface area contributed by atoms with Crippen LogP contribution in [0.1, 0.15) is 16.0 Å². The SMILES string of the molecule is Fc1cccc(C(Br)c2ccc(F)cc2F)c1. The number of alkyl halides is 1. The van der Waals surface area contributed by atoms with Gasteiger partial charge in [0.05, 0.1) is 4.83 Å². The molecule has 2 aromatic rings. The summed E-state index contributed by atoms with van der Waals surface area (Å²) in [4.78, 5) is -0.501. The van der Waals surface area contributed by atoms with Crippen molar-refractivity contribution in [3.63, 3.8) is 0 Å². The van der Waals surface area contributed by atoms with Crippen LogP contribution in [-0.4, -0.2) is 0 Å². The molecule has 0 spiro atoms. The van der Waals surface area contributed by atoms with Crippen molar-refractivity contribution in [2.75, 3.05) is 0 Å². The molecule has 0 fully saturated rings. The molecule has 0 aliphatic heterocycles. The Morgan fingerprint density at radius 3 is 2.24 bits per heavy atom. The fourth-order valence-corrected chi connectivity index (χ4v) is 2.21. The molecule has 0 aliphatic rings. The first kappa shape index (κ1) is 12.2. The first-order valence-corrected chi connectivity index (χ1v) is 5.84. The highest BCUT2D eigenvalue weighted by molar-refractivity contribution is 9.09. The van der Waals surface area contributed by atoms with Crippen molar-refractivity contribution in [3.8, 4) is 0 Å². The van der Waals surface area contributed by atoms with Gasteiger partial charge in [-0.05, 0) is 23.8 Å². The first-order chi connectivity index (χ1) is 8.08. The third-order valence-corrected chi connectivity index (χ3v) is 3.40. The third-order valence-electron chi connectivity index (χ3n) is 2.38. The zero-order valence-corrected chi connectivity index (χ0v) is 10.2. The lowest BCUT2D eigenvalue weighted by Gasteiger charge is -2.11. The summed E-state index contributed by atoms with van der Waals surface area (Å²) in [6.45, 7) is 0. The second-order valence-corrected chi connectivity index (χ2v) is 4.50. The van der Waals surface area contributed by atoms with Crippen LogP contribution < -0.4 is 0 Å². The van der Waals surface area contributed by atoms with E-state index in [1.165, 1.54) is 24.3 Å². The largest absolute Gasteiger partial charge is 0.207 e. The summed E-state index contributed by atoms with van der Waals surface area (Å²) in [7, 11) is 0.